The van der Waals surface area contributed by atoms with Gasteiger partial charge in [-0.2, -0.15) is 0 Å². The zero-order chi connectivity index (χ0) is 12.2. The van der Waals surface area contributed by atoms with Crippen molar-refractivity contribution in [1.29, 1.82) is 0 Å². The summed E-state index contributed by atoms with van der Waals surface area (Å²) in [5.74, 6) is 1.14. The average molecular weight is 258 g/mol. The summed E-state index contributed by atoms with van der Waals surface area (Å²) in [4.78, 5) is 1.15. The zero-order valence-electron chi connectivity index (χ0n) is 9.99. The van der Waals surface area contributed by atoms with Crippen LogP contribution in [0.2, 0.25) is 0 Å². The molecule has 0 saturated carbocycles. The third kappa shape index (κ3) is 4.18. The van der Waals surface area contributed by atoms with Crippen LogP contribution in [-0.4, -0.2) is 25.7 Å². The van der Waals surface area contributed by atoms with E-state index < -0.39 is 9.84 Å². The highest BCUT2D eigenvalue weighted by molar-refractivity contribution is 8.00. The van der Waals surface area contributed by atoms with Crippen LogP contribution in [0.15, 0.2) is 23.1 Å². The first-order valence-corrected chi connectivity index (χ1v) is 8.16. The molecule has 2 nitrogen and oxygen atoms in total. The lowest BCUT2D eigenvalue weighted by molar-refractivity contribution is 0.599. The predicted molar refractivity (Wildman–Crippen MR) is 71.0 cm³/mol. The van der Waals surface area contributed by atoms with Gasteiger partial charge >= 0.3 is 0 Å². The first kappa shape index (κ1) is 13.6. The van der Waals surface area contributed by atoms with Crippen LogP contribution >= 0.6 is 11.8 Å². The van der Waals surface area contributed by atoms with Crippen molar-refractivity contribution in [3.63, 3.8) is 0 Å². The predicted octanol–water partition coefficient (Wildman–Crippen LogP) is 2.83. The Hall–Kier alpha value is -0.480. The second-order valence-electron chi connectivity index (χ2n) is 3.83. The smallest absolute Gasteiger partial charge is 0.150 e. The van der Waals surface area contributed by atoms with E-state index in [0.29, 0.717) is 5.75 Å². The van der Waals surface area contributed by atoms with Gasteiger partial charge in [-0.1, -0.05) is 13.0 Å². The summed E-state index contributed by atoms with van der Waals surface area (Å²) in [6, 6.07) is 6.23. The molecule has 90 valence electrons. The van der Waals surface area contributed by atoms with Gasteiger partial charge in [0.1, 0.15) is 0 Å². The van der Waals surface area contributed by atoms with Crippen molar-refractivity contribution < 1.29 is 8.42 Å². The monoisotopic (exact) mass is 258 g/mol. The van der Waals surface area contributed by atoms with Crippen LogP contribution in [0.1, 0.15) is 18.1 Å². The largest absolute Gasteiger partial charge is 0.229 e. The Morgan fingerprint density at radius 2 is 1.88 bits per heavy atom. The summed E-state index contributed by atoms with van der Waals surface area (Å²) in [5.41, 5.74) is 2.52. The summed E-state index contributed by atoms with van der Waals surface area (Å²) >= 11 is 1.61. The van der Waals surface area contributed by atoms with Gasteiger partial charge in [0.25, 0.3) is 0 Å². The Morgan fingerprint density at radius 3 is 2.44 bits per heavy atom. The molecule has 1 aromatic carbocycles. The molecule has 0 bridgehead atoms. The fourth-order valence-electron chi connectivity index (χ4n) is 1.23. The molecule has 0 aliphatic rings. The summed E-state index contributed by atoms with van der Waals surface area (Å²) < 4.78 is 22.6. The van der Waals surface area contributed by atoms with Gasteiger partial charge in [-0.15, -0.1) is 11.8 Å². The number of aryl methyl sites for hydroxylation is 2. The third-order valence-electron chi connectivity index (χ3n) is 2.58. The number of thioether (sulfide) groups is 1. The Morgan fingerprint density at radius 1 is 1.19 bits per heavy atom. The molecular weight excluding hydrogens is 240 g/mol. The van der Waals surface area contributed by atoms with Crippen LogP contribution in [0.4, 0.5) is 0 Å². The Balaban J connectivity index is 2.53. The minimum absolute atomic E-state index is 0.237. The van der Waals surface area contributed by atoms with E-state index in [1.807, 2.05) is 6.07 Å². The van der Waals surface area contributed by atoms with Crippen molar-refractivity contribution in [2.24, 2.45) is 0 Å². The normalized spacial score (nSPS) is 11.7. The molecule has 0 saturated heterocycles. The molecule has 1 rings (SSSR count). The average Bonchev–Trinajstić information content (AvgIpc) is 2.23. The Kier molecular flexibility index (Phi) is 4.87. The van der Waals surface area contributed by atoms with Gasteiger partial charge in [0.05, 0.1) is 5.75 Å². The molecule has 0 amide bonds. The van der Waals surface area contributed by atoms with Crippen molar-refractivity contribution in [2.75, 3.05) is 17.3 Å². The highest BCUT2D eigenvalue weighted by Gasteiger charge is 2.07. The van der Waals surface area contributed by atoms with Crippen LogP contribution < -0.4 is 0 Å². The molecule has 0 N–H and O–H groups in total. The van der Waals surface area contributed by atoms with Gasteiger partial charge in [-0.25, -0.2) is 8.42 Å². The van der Waals surface area contributed by atoms with Crippen molar-refractivity contribution in [2.45, 2.75) is 25.7 Å². The van der Waals surface area contributed by atoms with Crippen LogP contribution in [0, 0.1) is 13.8 Å². The standard InChI is InChI=1S/C12H18O2S2/c1-4-16(13,14)8-7-15-12-6-5-10(2)11(3)9-12/h5-6,9H,4,7-8H2,1-3H3. The molecule has 0 fully saturated rings. The topological polar surface area (TPSA) is 34.1 Å². The fraction of sp³-hybridized carbons (Fsp3) is 0.500. The maximum absolute atomic E-state index is 11.3. The molecule has 0 aromatic heterocycles. The SMILES string of the molecule is CCS(=O)(=O)CCSc1ccc(C)c(C)c1. The van der Waals surface area contributed by atoms with E-state index in [4.69, 9.17) is 0 Å². The lowest BCUT2D eigenvalue weighted by atomic mass is 10.1. The van der Waals surface area contributed by atoms with Gasteiger partial charge in [-0.05, 0) is 37.1 Å². The van der Waals surface area contributed by atoms with E-state index in [1.165, 1.54) is 11.1 Å². The minimum atomic E-state index is -2.83. The summed E-state index contributed by atoms with van der Waals surface area (Å²) in [6.07, 6.45) is 0. The van der Waals surface area contributed by atoms with Gasteiger partial charge in [0.2, 0.25) is 0 Å². The van der Waals surface area contributed by atoms with E-state index in [1.54, 1.807) is 18.7 Å². The van der Waals surface area contributed by atoms with Gasteiger partial charge in [-0.3, -0.25) is 0 Å². The molecule has 0 unspecified atom stereocenters. The summed E-state index contributed by atoms with van der Waals surface area (Å²) in [6.45, 7) is 5.84. The van der Waals surface area contributed by atoms with E-state index in [2.05, 4.69) is 26.0 Å². The van der Waals surface area contributed by atoms with E-state index in [0.717, 1.165) is 4.90 Å². The number of sulfone groups is 1. The van der Waals surface area contributed by atoms with E-state index >= 15 is 0 Å². The van der Waals surface area contributed by atoms with Crippen molar-refractivity contribution >= 4 is 21.6 Å². The first-order chi connectivity index (χ1) is 7.44. The summed E-state index contributed by atoms with van der Waals surface area (Å²) in [5, 5.41) is 0. The Labute approximate surface area is 102 Å². The molecule has 16 heavy (non-hydrogen) atoms. The molecule has 0 spiro atoms. The lowest BCUT2D eigenvalue weighted by Gasteiger charge is -2.05. The Bertz CT molecular complexity index is 450. The molecule has 1 aromatic rings. The fourth-order valence-corrected chi connectivity index (χ4v) is 3.53. The zero-order valence-corrected chi connectivity index (χ0v) is 11.6. The van der Waals surface area contributed by atoms with Crippen LogP contribution in [0.3, 0.4) is 0 Å². The molecule has 0 aliphatic carbocycles. The second kappa shape index (κ2) is 5.73. The molecule has 0 heterocycles. The molecule has 0 atom stereocenters. The van der Waals surface area contributed by atoms with Gasteiger partial charge < -0.3 is 0 Å². The van der Waals surface area contributed by atoms with Crippen LogP contribution in [-0.2, 0) is 9.84 Å². The molecular formula is C12H18O2S2. The second-order valence-corrected chi connectivity index (χ2v) is 7.47. The van der Waals surface area contributed by atoms with Crippen molar-refractivity contribution in [3.05, 3.63) is 29.3 Å². The van der Waals surface area contributed by atoms with E-state index in [9.17, 15) is 8.42 Å². The summed E-state index contributed by atoms with van der Waals surface area (Å²) in [7, 11) is -2.83. The third-order valence-corrected chi connectivity index (χ3v) is 5.54. The lowest BCUT2D eigenvalue weighted by Crippen LogP contribution is -2.10. The number of hydrogen-bond donors (Lipinski definition) is 0. The quantitative estimate of drug-likeness (QED) is 0.762. The van der Waals surface area contributed by atoms with Gasteiger partial charge in [0.15, 0.2) is 9.84 Å². The van der Waals surface area contributed by atoms with Gasteiger partial charge in [0, 0.05) is 16.4 Å². The maximum atomic E-state index is 11.3. The number of benzene rings is 1. The molecule has 0 radical (unpaired) electrons. The number of rotatable bonds is 5. The van der Waals surface area contributed by atoms with Crippen LogP contribution in [0.5, 0.6) is 0 Å². The highest BCUT2D eigenvalue weighted by atomic mass is 32.2. The molecule has 4 heteroatoms. The number of hydrogen-bond acceptors (Lipinski definition) is 3. The van der Waals surface area contributed by atoms with Crippen LogP contribution in [0.25, 0.3) is 0 Å². The van der Waals surface area contributed by atoms with Crippen molar-refractivity contribution in [3.8, 4) is 0 Å². The maximum Gasteiger partial charge on any atom is 0.150 e. The molecule has 0 aliphatic heterocycles. The van der Waals surface area contributed by atoms with E-state index in [-0.39, 0.29) is 11.5 Å². The highest BCUT2D eigenvalue weighted by Crippen LogP contribution is 2.21. The van der Waals surface area contributed by atoms with Crippen molar-refractivity contribution in [1.82, 2.24) is 0 Å². The first-order valence-electron chi connectivity index (χ1n) is 5.35. The minimum Gasteiger partial charge on any atom is -0.229 e.